The van der Waals surface area contributed by atoms with E-state index >= 15 is 0 Å². The summed E-state index contributed by atoms with van der Waals surface area (Å²) >= 11 is 12.0. The molecule has 0 atom stereocenters. The quantitative estimate of drug-likeness (QED) is 0.534. The van der Waals surface area contributed by atoms with Crippen LogP contribution in [0.4, 0.5) is 17.1 Å². The number of nitrogen functional groups attached to an aromatic ring is 1. The number of amides is 2. The van der Waals surface area contributed by atoms with Crippen LogP contribution in [-0.4, -0.2) is 11.8 Å². The maximum absolute atomic E-state index is 12.5. The van der Waals surface area contributed by atoms with Gasteiger partial charge in [0, 0.05) is 16.9 Å². The van der Waals surface area contributed by atoms with E-state index in [2.05, 4.69) is 10.6 Å². The van der Waals surface area contributed by atoms with E-state index in [1.165, 1.54) is 18.4 Å². The van der Waals surface area contributed by atoms with Crippen LogP contribution in [0.5, 0.6) is 0 Å². The van der Waals surface area contributed by atoms with E-state index in [0.717, 1.165) is 5.56 Å². The Bertz CT molecular complexity index is 994. The smallest absolute Gasteiger partial charge is 0.291 e. The van der Waals surface area contributed by atoms with Crippen molar-refractivity contribution >= 4 is 52.1 Å². The zero-order chi connectivity index (χ0) is 19.6. The lowest BCUT2D eigenvalue weighted by molar-refractivity contribution is 0.0993. The van der Waals surface area contributed by atoms with Crippen LogP contribution in [0, 0.1) is 6.92 Å². The first-order valence-electron chi connectivity index (χ1n) is 7.86. The highest BCUT2D eigenvalue weighted by atomic mass is 35.5. The highest BCUT2D eigenvalue weighted by Crippen LogP contribution is 2.31. The number of carbonyl (C=O) groups is 2. The van der Waals surface area contributed by atoms with Gasteiger partial charge in [-0.25, -0.2) is 0 Å². The first-order valence-corrected chi connectivity index (χ1v) is 8.62. The fourth-order valence-electron chi connectivity index (χ4n) is 2.35. The molecule has 0 radical (unpaired) electrons. The van der Waals surface area contributed by atoms with E-state index in [-0.39, 0.29) is 27.4 Å². The normalized spacial score (nSPS) is 10.5. The summed E-state index contributed by atoms with van der Waals surface area (Å²) in [6.07, 6.45) is 1.41. The molecule has 0 aliphatic heterocycles. The molecule has 0 saturated heterocycles. The lowest BCUT2D eigenvalue weighted by atomic mass is 10.1. The number of hydrogen-bond acceptors (Lipinski definition) is 4. The highest BCUT2D eigenvalue weighted by Gasteiger charge is 2.14. The van der Waals surface area contributed by atoms with Crippen LogP contribution in [0.2, 0.25) is 10.0 Å². The molecule has 0 unspecified atom stereocenters. The summed E-state index contributed by atoms with van der Waals surface area (Å²) in [6, 6.07) is 11.1. The maximum atomic E-state index is 12.5. The Morgan fingerprint density at radius 3 is 2.33 bits per heavy atom. The molecule has 0 spiro atoms. The minimum Gasteiger partial charge on any atom is -0.459 e. The number of aryl methyl sites for hydroxylation is 1. The summed E-state index contributed by atoms with van der Waals surface area (Å²) in [4.78, 5) is 24.7. The predicted molar refractivity (Wildman–Crippen MR) is 107 cm³/mol. The van der Waals surface area contributed by atoms with Crippen LogP contribution in [-0.2, 0) is 0 Å². The number of rotatable bonds is 4. The minimum absolute atomic E-state index is 0.176. The van der Waals surface area contributed by atoms with Crippen LogP contribution in [0.25, 0.3) is 0 Å². The number of halogens is 2. The van der Waals surface area contributed by atoms with E-state index in [9.17, 15) is 9.59 Å². The Morgan fingerprint density at radius 2 is 1.70 bits per heavy atom. The fourth-order valence-corrected chi connectivity index (χ4v) is 2.84. The largest absolute Gasteiger partial charge is 0.459 e. The maximum Gasteiger partial charge on any atom is 0.291 e. The number of nitrogens with one attached hydrogen (secondary N) is 2. The Morgan fingerprint density at radius 1 is 1.00 bits per heavy atom. The molecule has 1 heterocycles. The van der Waals surface area contributed by atoms with Crippen LogP contribution < -0.4 is 16.4 Å². The third-order valence-corrected chi connectivity index (χ3v) is 4.46. The third kappa shape index (κ3) is 4.24. The molecule has 27 heavy (non-hydrogen) atoms. The van der Waals surface area contributed by atoms with Gasteiger partial charge in [-0.1, -0.05) is 29.3 Å². The van der Waals surface area contributed by atoms with E-state index in [1.54, 1.807) is 30.3 Å². The Hall–Kier alpha value is -2.96. The van der Waals surface area contributed by atoms with Gasteiger partial charge in [0.2, 0.25) is 0 Å². The molecule has 0 aliphatic carbocycles. The summed E-state index contributed by atoms with van der Waals surface area (Å²) in [5.41, 5.74) is 7.99. The van der Waals surface area contributed by atoms with Crippen LogP contribution >= 0.6 is 23.2 Å². The predicted octanol–water partition coefficient (Wildman–Crippen LogP) is 4.98. The van der Waals surface area contributed by atoms with Gasteiger partial charge in [0.05, 0.1) is 22.0 Å². The van der Waals surface area contributed by atoms with Gasteiger partial charge >= 0.3 is 0 Å². The fraction of sp³-hybridized carbons (Fsp3) is 0.0526. The molecule has 2 aromatic carbocycles. The molecule has 138 valence electrons. The van der Waals surface area contributed by atoms with Gasteiger partial charge in [0.1, 0.15) is 0 Å². The lowest BCUT2D eigenvalue weighted by Crippen LogP contribution is -2.15. The SMILES string of the molecule is Cc1ccc(C(=O)Nc2cc(Cl)c(N)c(Cl)c2)cc1NC(=O)c1ccco1. The monoisotopic (exact) mass is 403 g/mol. The van der Waals surface area contributed by atoms with Crippen LogP contribution in [0.3, 0.4) is 0 Å². The van der Waals surface area contributed by atoms with Crippen LogP contribution in [0.1, 0.15) is 26.5 Å². The highest BCUT2D eigenvalue weighted by molar-refractivity contribution is 6.39. The number of benzene rings is 2. The lowest BCUT2D eigenvalue weighted by Gasteiger charge is -2.11. The Labute approximate surface area is 165 Å². The van der Waals surface area contributed by atoms with Gasteiger partial charge in [0.25, 0.3) is 11.8 Å². The molecule has 3 aromatic rings. The van der Waals surface area contributed by atoms with Crippen molar-refractivity contribution in [1.82, 2.24) is 0 Å². The van der Waals surface area contributed by atoms with Crippen molar-refractivity contribution in [2.75, 3.05) is 16.4 Å². The number of anilines is 3. The van der Waals surface area contributed by atoms with Crippen molar-refractivity contribution in [3.05, 3.63) is 75.7 Å². The van der Waals surface area contributed by atoms with Crippen molar-refractivity contribution in [3.63, 3.8) is 0 Å². The van der Waals surface area contributed by atoms with Gasteiger partial charge < -0.3 is 20.8 Å². The van der Waals surface area contributed by atoms with E-state index in [0.29, 0.717) is 16.9 Å². The van der Waals surface area contributed by atoms with Crippen molar-refractivity contribution in [3.8, 4) is 0 Å². The molecule has 1 aromatic heterocycles. The molecule has 0 aliphatic rings. The second-order valence-corrected chi connectivity index (χ2v) is 6.58. The number of furan rings is 1. The van der Waals surface area contributed by atoms with E-state index < -0.39 is 5.91 Å². The standard InChI is InChI=1S/C19H15Cl2N3O3/c1-10-4-5-11(7-15(10)24-19(26)16-3-2-6-27-16)18(25)23-12-8-13(20)17(22)14(21)9-12/h2-9H,22H2,1H3,(H,23,25)(H,24,26). The molecule has 0 fully saturated rings. The van der Waals surface area contributed by atoms with Crippen molar-refractivity contribution in [1.29, 1.82) is 0 Å². The van der Waals surface area contributed by atoms with Crippen molar-refractivity contribution in [2.24, 2.45) is 0 Å². The first-order chi connectivity index (χ1) is 12.8. The van der Waals surface area contributed by atoms with Crippen molar-refractivity contribution < 1.29 is 14.0 Å². The Kier molecular flexibility index (Phi) is 5.39. The van der Waals surface area contributed by atoms with Gasteiger partial charge in [-0.15, -0.1) is 0 Å². The molecule has 6 nitrogen and oxygen atoms in total. The van der Waals surface area contributed by atoms with Gasteiger partial charge in [-0.3, -0.25) is 9.59 Å². The number of hydrogen-bond donors (Lipinski definition) is 3. The third-order valence-electron chi connectivity index (χ3n) is 3.83. The molecular formula is C19H15Cl2N3O3. The Balaban J connectivity index is 1.80. The summed E-state index contributed by atoms with van der Waals surface area (Å²) in [5.74, 6) is -0.617. The molecular weight excluding hydrogens is 389 g/mol. The number of nitrogens with two attached hydrogens (primary N) is 1. The average molecular weight is 404 g/mol. The topological polar surface area (TPSA) is 97.4 Å². The zero-order valence-electron chi connectivity index (χ0n) is 14.2. The molecule has 0 bridgehead atoms. The first kappa shape index (κ1) is 18.8. The molecule has 0 saturated carbocycles. The average Bonchev–Trinajstić information content (AvgIpc) is 3.16. The van der Waals surface area contributed by atoms with Crippen molar-refractivity contribution in [2.45, 2.75) is 6.92 Å². The van der Waals surface area contributed by atoms with Crippen LogP contribution in [0.15, 0.2) is 53.1 Å². The molecule has 2 amide bonds. The summed E-state index contributed by atoms with van der Waals surface area (Å²) in [7, 11) is 0. The number of carbonyl (C=O) groups excluding carboxylic acids is 2. The second kappa shape index (κ2) is 7.73. The second-order valence-electron chi connectivity index (χ2n) is 5.77. The summed E-state index contributed by atoms with van der Waals surface area (Å²) in [6.45, 7) is 1.82. The van der Waals surface area contributed by atoms with Gasteiger partial charge in [-0.2, -0.15) is 0 Å². The van der Waals surface area contributed by atoms with Gasteiger partial charge in [-0.05, 0) is 48.9 Å². The molecule has 4 N–H and O–H groups in total. The molecule has 8 heteroatoms. The summed E-state index contributed by atoms with van der Waals surface area (Å²) in [5, 5.41) is 5.91. The van der Waals surface area contributed by atoms with Gasteiger partial charge in [0.15, 0.2) is 5.76 Å². The zero-order valence-corrected chi connectivity index (χ0v) is 15.7. The summed E-state index contributed by atoms with van der Waals surface area (Å²) < 4.78 is 5.07. The van der Waals surface area contributed by atoms with E-state index in [4.69, 9.17) is 33.4 Å². The van der Waals surface area contributed by atoms with E-state index in [1.807, 2.05) is 6.92 Å². The molecule has 3 rings (SSSR count). The minimum atomic E-state index is -0.405.